The number of hydrogen-bond donors (Lipinski definition) is 1. The van der Waals surface area contributed by atoms with Crippen molar-refractivity contribution >= 4 is 28.5 Å². The lowest BCUT2D eigenvalue weighted by atomic mass is 9.83. The van der Waals surface area contributed by atoms with Crippen molar-refractivity contribution < 1.29 is 14.3 Å². The van der Waals surface area contributed by atoms with Gasteiger partial charge >= 0.3 is 5.97 Å². The number of hydrogen-bond acceptors (Lipinski definition) is 6. The van der Waals surface area contributed by atoms with Crippen LogP contribution >= 0.6 is 11.6 Å². The Kier molecular flexibility index (Phi) is 5.62. The number of nitrogens with zero attached hydrogens (tertiary/aromatic N) is 2. The van der Waals surface area contributed by atoms with Gasteiger partial charge in [-0.2, -0.15) is 5.26 Å². The monoisotopic (exact) mass is 409 g/mol. The van der Waals surface area contributed by atoms with Gasteiger partial charge in [-0.3, -0.25) is 0 Å². The molecule has 1 aliphatic heterocycles. The smallest absolute Gasteiger partial charge is 0.338 e. The molecule has 0 unspecified atom stereocenters. The number of carbonyl (C=O) groups is 1. The molecule has 148 valence electrons. The van der Waals surface area contributed by atoms with Gasteiger partial charge in [-0.25, -0.2) is 9.78 Å². The van der Waals surface area contributed by atoms with Gasteiger partial charge in [0.05, 0.1) is 17.0 Å². The summed E-state index contributed by atoms with van der Waals surface area (Å²) in [4.78, 5) is 17.3. The lowest BCUT2D eigenvalue weighted by Crippen LogP contribution is -2.26. The zero-order valence-corrected chi connectivity index (χ0v) is 17.1. The molecule has 1 aromatic carbocycles. The van der Waals surface area contributed by atoms with Crippen molar-refractivity contribution in [1.82, 2.24) is 4.98 Å². The molecule has 0 radical (unpaired) electrons. The first-order valence-corrected chi connectivity index (χ1v) is 9.30. The van der Waals surface area contributed by atoms with Crippen molar-refractivity contribution in [2.24, 2.45) is 5.73 Å². The number of aromatic nitrogens is 1. The van der Waals surface area contributed by atoms with Crippen molar-refractivity contribution in [3.8, 4) is 6.07 Å². The summed E-state index contributed by atoms with van der Waals surface area (Å²) in [5.74, 6) is -1.31. The maximum Gasteiger partial charge on any atom is 0.338 e. The number of nitriles is 1. The highest BCUT2D eigenvalue weighted by Gasteiger charge is 2.38. The van der Waals surface area contributed by atoms with Crippen LogP contribution in [-0.4, -0.2) is 17.6 Å². The lowest BCUT2D eigenvalue weighted by molar-refractivity contribution is -0.138. The number of benzene rings is 1. The summed E-state index contributed by atoms with van der Waals surface area (Å²) in [5, 5.41) is 10.8. The van der Waals surface area contributed by atoms with Gasteiger partial charge in [0.25, 0.3) is 0 Å². The first-order chi connectivity index (χ1) is 13.8. The third-order valence-corrected chi connectivity index (χ3v) is 5.16. The van der Waals surface area contributed by atoms with E-state index in [1.165, 1.54) is 6.08 Å². The van der Waals surface area contributed by atoms with E-state index >= 15 is 0 Å². The summed E-state index contributed by atoms with van der Waals surface area (Å²) in [6.45, 7) is 9.06. The number of halogens is 1. The number of aryl methyl sites for hydroxylation is 2. The summed E-state index contributed by atoms with van der Waals surface area (Å²) < 4.78 is 10.7. The zero-order chi connectivity index (χ0) is 21.3. The average molecular weight is 410 g/mol. The lowest BCUT2D eigenvalue weighted by Gasteiger charge is -2.27. The first-order valence-electron chi connectivity index (χ1n) is 8.92. The highest BCUT2D eigenvalue weighted by atomic mass is 35.5. The van der Waals surface area contributed by atoms with Gasteiger partial charge in [0, 0.05) is 10.9 Å². The van der Waals surface area contributed by atoms with E-state index in [0.717, 1.165) is 22.0 Å². The Bertz CT molecular complexity index is 1140. The van der Waals surface area contributed by atoms with Crippen LogP contribution in [0.5, 0.6) is 0 Å². The van der Waals surface area contributed by atoms with Gasteiger partial charge in [0.15, 0.2) is 0 Å². The maximum absolute atomic E-state index is 12.8. The minimum Gasteiger partial charge on any atom is -0.458 e. The number of carbonyl (C=O) groups excluding carboxylic acids is 1. The molecule has 2 N–H and O–H groups in total. The quantitative estimate of drug-likeness (QED) is 0.458. The minimum absolute atomic E-state index is 0.0193. The summed E-state index contributed by atoms with van der Waals surface area (Å²) in [6.07, 6.45) is 1.46. The fraction of sp³-hybridized carbons (Fsp3) is 0.227. The first kappa shape index (κ1) is 20.4. The van der Waals surface area contributed by atoms with Crippen LogP contribution in [0.1, 0.15) is 29.5 Å². The number of allylic oxidation sites excluding steroid dienone is 2. The summed E-state index contributed by atoms with van der Waals surface area (Å²) in [5.41, 5.74) is 9.41. The van der Waals surface area contributed by atoms with Gasteiger partial charge in [-0.15, -0.1) is 0 Å². The van der Waals surface area contributed by atoms with Gasteiger partial charge in [-0.05, 0) is 38.0 Å². The minimum atomic E-state index is -0.852. The normalized spacial score (nSPS) is 16.4. The molecular weight excluding hydrogens is 390 g/mol. The van der Waals surface area contributed by atoms with E-state index in [0.29, 0.717) is 5.56 Å². The molecule has 2 aromatic rings. The van der Waals surface area contributed by atoms with E-state index in [-0.39, 0.29) is 34.5 Å². The molecule has 1 atom stereocenters. The SMILES string of the molecule is C=CCOC(=O)C1=C(C)OC(N)=C(C#N)[C@H]1c1cc2c(C)ccc(C)c2nc1Cl. The van der Waals surface area contributed by atoms with Crippen molar-refractivity contribution in [1.29, 1.82) is 5.26 Å². The van der Waals surface area contributed by atoms with Crippen LogP contribution in [0, 0.1) is 25.2 Å². The summed E-state index contributed by atoms with van der Waals surface area (Å²) >= 11 is 6.54. The van der Waals surface area contributed by atoms with Crippen LogP contribution in [0.15, 0.2) is 53.6 Å². The van der Waals surface area contributed by atoms with Crippen molar-refractivity contribution in [2.45, 2.75) is 26.7 Å². The second-order valence-corrected chi connectivity index (χ2v) is 7.10. The molecule has 7 heteroatoms. The Morgan fingerprint density at radius 2 is 2.10 bits per heavy atom. The van der Waals surface area contributed by atoms with Gasteiger partial charge in [-0.1, -0.05) is 36.4 Å². The molecule has 3 rings (SSSR count). The topological polar surface area (TPSA) is 98.2 Å². The molecule has 0 spiro atoms. The Balaban J connectivity index is 2.29. The summed E-state index contributed by atoms with van der Waals surface area (Å²) in [7, 11) is 0. The largest absolute Gasteiger partial charge is 0.458 e. The van der Waals surface area contributed by atoms with Gasteiger partial charge in [0.1, 0.15) is 29.2 Å². The third kappa shape index (κ3) is 3.57. The molecule has 2 heterocycles. The number of nitrogens with two attached hydrogens (primary N) is 1. The van der Waals surface area contributed by atoms with Crippen LogP contribution in [-0.2, 0) is 14.3 Å². The molecule has 0 saturated heterocycles. The number of pyridine rings is 1. The van der Waals surface area contributed by atoms with E-state index in [1.807, 2.05) is 38.1 Å². The van der Waals surface area contributed by atoms with Crippen LogP contribution in [0.2, 0.25) is 5.15 Å². The van der Waals surface area contributed by atoms with E-state index in [9.17, 15) is 10.1 Å². The van der Waals surface area contributed by atoms with Crippen LogP contribution in [0.4, 0.5) is 0 Å². The van der Waals surface area contributed by atoms with Crippen LogP contribution < -0.4 is 5.73 Å². The number of rotatable bonds is 4. The molecule has 0 amide bonds. The van der Waals surface area contributed by atoms with E-state index in [2.05, 4.69) is 11.6 Å². The highest BCUT2D eigenvalue weighted by Crippen LogP contribution is 2.43. The second-order valence-electron chi connectivity index (χ2n) is 6.75. The Labute approximate surface area is 173 Å². The van der Waals surface area contributed by atoms with Crippen LogP contribution in [0.3, 0.4) is 0 Å². The Morgan fingerprint density at radius 3 is 2.76 bits per heavy atom. The van der Waals surface area contributed by atoms with Gasteiger partial charge < -0.3 is 15.2 Å². The van der Waals surface area contributed by atoms with Crippen molar-refractivity contribution in [3.63, 3.8) is 0 Å². The average Bonchev–Trinajstić information content (AvgIpc) is 2.68. The fourth-order valence-corrected chi connectivity index (χ4v) is 3.65. The molecular formula is C22H20ClN3O3. The maximum atomic E-state index is 12.8. The Morgan fingerprint density at radius 1 is 1.41 bits per heavy atom. The molecule has 0 bridgehead atoms. The highest BCUT2D eigenvalue weighted by molar-refractivity contribution is 6.31. The van der Waals surface area contributed by atoms with Crippen molar-refractivity contribution in [2.75, 3.05) is 6.61 Å². The molecule has 1 aliphatic rings. The Hall–Kier alpha value is -3.30. The fourth-order valence-electron chi connectivity index (χ4n) is 3.40. The number of ether oxygens (including phenoxy) is 2. The molecule has 0 aliphatic carbocycles. The predicted molar refractivity (Wildman–Crippen MR) is 111 cm³/mol. The summed E-state index contributed by atoms with van der Waals surface area (Å²) in [6, 6.07) is 7.85. The van der Waals surface area contributed by atoms with E-state index in [4.69, 9.17) is 26.8 Å². The predicted octanol–water partition coefficient (Wildman–Crippen LogP) is 4.32. The number of esters is 1. The van der Waals surface area contributed by atoms with Crippen LogP contribution in [0.25, 0.3) is 10.9 Å². The molecule has 0 saturated carbocycles. The molecule has 0 fully saturated rings. The molecule has 29 heavy (non-hydrogen) atoms. The molecule has 6 nitrogen and oxygen atoms in total. The molecule has 1 aromatic heterocycles. The number of fused-ring (bicyclic) bond motifs is 1. The van der Waals surface area contributed by atoms with E-state index in [1.54, 1.807) is 6.92 Å². The standard InChI is InChI=1S/C22H20ClN3O3/c1-5-8-28-22(27)17-13(4)29-21(25)16(10-24)18(17)15-9-14-11(2)6-7-12(3)19(14)26-20(15)23/h5-7,9,18H,1,8,25H2,2-4H3/t18-/m1/s1. The second kappa shape index (κ2) is 7.98. The third-order valence-electron chi connectivity index (χ3n) is 4.85. The van der Waals surface area contributed by atoms with E-state index < -0.39 is 11.9 Å². The van der Waals surface area contributed by atoms with Gasteiger partial charge in [0.2, 0.25) is 5.88 Å². The van der Waals surface area contributed by atoms with Crippen molar-refractivity contribution in [3.05, 3.63) is 75.5 Å². The zero-order valence-electron chi connectivity index (χ0n) is 16.4.